The summed E-state index contributed by atoms with van der Waals surface area (Å²) in [6.07, 6.45) is 3.31. The molecule has 184 valence electrons. The number of hydrogen-bond donors (Lipinski definition) is 3. The highest BCUT2D eigenvalue weighted by Crippen LogP contribution is 2.27. The van der Waals surface area contributed by atoms with Gasteiger partial charge in [-0.05, 0) is 62.7 Å². The van der Waals surface area contributed by atoms with Crippen molar-refractivity contribution >= 4 is 29.0 Å². The molecule has 3 N–H and O–H groups in total. The number of benzene rings is 2. The van der Waals surface area contributed by atoms with E-state index in [1.54, 1.807) is 12.1 Å². The molecule has 0 saturated carbocycles. The Hall–Kier alpha value is -3.20. The first kappa shape index (κ1) is 25.4. The van der Waals surface area contributed by atoms with Crippen LogP contribution in [0.15, 0.2) is 36.4 Å². The number of carbonyl (C=O) groups excluding carboxylic acids is 2. The van der Waals surface area contributed by atoms with Gasteiger partial charge in [-0.3, -0.25) is 4.79 Å². The number of rotatable bonds is 9. The Labute approximate surface area is 199 Å². The van der Waals surface area contributed by atoms with E-state index in [2.05, 4.69) is 39.6 Å². The zero-order chi connectivity index (χ0) is 24.5. The molecule has 0 aromatic heterocycles. The zero-order valence-electron chi connectivity index (χ0n) is 19.8. The van der Waals surface area contributed by atoms with Crippen molar-refractivity contribution in [2.45, 2.75) is 33.1 Å². The van der Waals surface area contributed by atoms with Crippen molar-refractivity contribution in [1.29, 1.82) is 0 Å². The minimum Gasteiger partial charge on any atom is -0.371 e. The van der Waals surface area contributed by atoms with E-state index in [0.717, 1.165) is 63.4 Å². The molecule has 2 aromatic rings. The summed E-state index contributed by atoms with van der Waals surface area (Å²) in [6.45, 7) is 9.03. The van der Waals surface area contributed by atoms with Crippen molar-refractivity contribution in [2.24, 2.45) is 0 Å². The van der Waals surface area contributed by atoms with Gasteiger partial charge >= 0.3 is 6.03 Å². The Morgan fingerprint density at radius 1 is 0.912 bits per heavy atom. The maximum Gasteiger partial charge on any atom is 0.323 e. The summed E-state index contributed by atoms with van der Waals surface area (Å²) < 4.78 is 26.5. The van der Waals surface area contributed by atoms with E-state index in [0.29, 0.717) is 17.8 Å². The van der Waals surface area contributed by atoms with Gasteiger partial charge in [0, 0.05) is 49.3 Å². The predicted octanol–water partition coefficient (Wildman–Crippen LogP) is 4.67. The first-order valence-corrected chi connectivity index (χ1v) is 11.8. The van der Waals surface area contributed by atoms with Gasteiger partial charge in [-0.25, -0.2) is 13.6 Å². The van der Waals surface area contributed by atoms with Crippen LogP contribution in [0.4, 0.5) is 30.6 Å². The molecule has 3 rings (SSSR count). The normalized spacial score (nSPS) is 13.6. The molecule has 1 saturated heterocycles. The highest BCUT2D eigenvalue weighted by atomic mass is 19.2. The summed E-state index contributed by atoms with van der Waals surface area (Å²) in [5, 5.41) is 8.14. The fraction of sp³-hybridized carbons (Fsp3) is 0.440. The number of halogens is 2. The topological polar surface area (TPSA) is 76.7 Å². The summed E-state index contributed by atoms with van der Waals surface area (Å²) in [4.78, 5) is 29.9. The number of piperidine rings is 1. The Morgan fingerprint density at radius 3 is 2.21 bits per heavy atom. The van der Waals surface area contributed by atoms with Crippen molar-refractivity contribution in [3.8, 4) is 0 Å². The molecular formula is C25H33F2N5O2. The molecule has 1 heterocycles. The fourth-order valence-corrected chi connectivity index (χ4v) is 4.04. The van der Waals surface area contributed by atoms with Gasteiger partial charge in [-0.2, -0.15) is 0 Å². The molecule has 9 heteroatoms. The number of carbonyl (C=O) groups is 2. The third-order valence-electron chi connectivity index (χ3n) is 5.98. The van der Waals surface area contributed by atoms with Gasteiger partial charge in [0.2, 0.25) is 0 Å². The van der Waals surface area contributed by atoms with Crippen LogP contribution in [0.5, 0.6) is 0 Å². The zero-order valence-corrected chi connectivity index (χ0v) is 19.8. The summed E-state index contributed by atoms with van der Waals surface area (Å²) >= 11 is 0. The minimum absolute atomic E-state index is 0.121. The van der Waals surface area contributed by atoms with Crippen LogP contribution in [0, 0.1) is 11.6 Å². The quantitative estimate of drug-likeness (QED) is 0.495. The van der Waals surface area contributed by atoms with Crippen LogP contribution in [0.3, 0.4) is 0 Å². The predicted molar refractivity (Wildman–Crippen MR) is 132 cm³/mol. The molecule has 1 fully saturated rings. The second kappa shape index (κ2) is 12.3. The van der Waals surface area contributed by atoms with Crippen molar-refractivity contribution in [1.82, 2.24) is 10.2 Å². The fourth-order valence-electron chi connectivity index (χ4n) is 4.04. The van der Waals surface area contributed by atoms with Crippen molar-refractivity contribution in [2.75, 3.05) is 54.8 Å². The van der Waals surface area contributed by atoms with E-state index in [4.69, 9.17) is 0 Å². The molecule has 0 spiro atoms. The number of urea groups is 1. The van der Waals surface area contributed by atoms with Crippen LogP contribution in [-0.4, -0.2) is 56.1 Å². The standard InChI is InChI=1S/C25H33F2N5O2/c1-3-31(4-2)15-12-28-24(33)20-16-18(9-11-23(20)32-13-6-5-7-14-32)29-25(34)30-19-8-10-21(26)22(27)17-19/h8-11,16-17H,3-7,12-15H2,1-2H3,(H,28,33)(H2,29,30,34). The first-order chi connectivity index (χ1) is 16.4. The average Bonchev–Trinajstić information content (AvgIpc) is 2.84. The maximum atomic E-state index is 13.4. The van der Waals surface area contributed by atoms with E-state index in [1.807, 2.05) is 6.07 Å². The lowest BCUT2D eigenvalue weighted by molar-refractivity contribution is 0.0949. The number of amides is 3. The molecule has 2 aromatic carbocycles. The molecule has 7 nitrogen and oxygen atoms in total. The van der Waals surface area contributed by atoms with Gasteiger partial charge in [0.25, 0.3) is 5.91 Å². The second-order valence-corrected chi connectivity index (χ2v) is 8.27. The van der Waals surface area contributed by atoms with Gasteiger partial charge in [0.1, 0.15) is 0 Å². The molecule has 1 aliphatic rings. The molecule has 0 atom stereocenters. The van der Waals surface area contributed by atoms with Gasteiger partial charge in [0.05, 0.1) is 5.56 Å². The van der Waals surface area contributed by atoms with E-state index in [-0.39, 0.29) is 11.6 Å². The van der Waals surface area contributed by atoms with Crippen LogP contribution >= 0.6 is 0 Å². The molecular weight excluding hydrogens is 440 g/mol. The maximum absolute atomic E-state index is 13.4. The van der Waals surface area contributed by atoms with Crippen molar-refractivity contribution < 1.29 is 18.4 Å². The minimum atomic E-state index is -1.05. The van der Waals surface area contributed by atoms with Gasteiger partial charge in [-0.15, -0.1) is 0 Å². The van der Waals surface area contributed by atoms with Gasteiger partial charge < -0.3 is 25.8 Å². The Balaban J connectivity index is 1.74. The van der Waals surface area contributed by atoms with Crippen LogP contribution in [0.1, 0.15) is 43.5 Å². The first-order valence-electron chi connectivity index (χ1n) is 11.8. The number of likely N-dealkylation sites (N-methyl/N-ethyl adjacent to an activating group) is 1. The SMILES string of the molecule is CCN(CC)CCNC(=O)c1cc(NC(=O)Nc2ccc(F)c(F)c2)ccc1N1CCCCC1. The van der Waals surface area contributed by atoms with Crippen molar-refractivity contribution in [3.63, 3.8) is 0 Å². The highest BCUT2D eigenvalue weighted by Gasteiger charge is 2.20. The molecule has 1 aliphatic heterocycles. The Kier molecular flexibility index (Phi) is 9.21. The molecule has 0 bridgehead atoms. The molecule has 3 amide bonds. The van der Waals surface area contributed by atoms with Crippen LogP contribution < -0.4 is 20.9 Å². The summed E-state index contributed by atoms with van der Waals surface area (Å²) in [6, 6.07) is 7.74. The number of hydrogen-bond acceptors (Lipinski definition) is 4. The summed E-state index contributed by atoms with van der Waals surface area (Å²) in [5.74, 6) is -2.24. The third kappa shape index (κ3) is 6.90. The van der Waals surface area contributed by atoms with Gasteiger partial charge in [-0.1, -0.05) is 13.8 Å². The van der Waals surface area contributed by atoms with E-state index >= 15 is 0 Å². The van der Waals surface area contributed by atoms with Crippen LogP contribution in [0.2, 0.25) is 0 Å². The number of nitrogens with one attached hydrogen (secondary N) is 3. The monoisotopic (exact) mass is 473 g/mol. The second-order valence-electron chi connectivity index (χ2n) is 8.27. The smallest absolute Gasteiger partial charge is 0.323 e. The Bertz CT molecular complexity index is 991. The molecule has 0 aliphatic carbocycles. The number of anilines is 3. The van der Waals surface area contributed by atoms with Crippen LogP contribution in [0.25, 0.3) is 0 Å². The lowest BCUT2D eigenvalue weighted by Crippen LogP contribution is -2.36. The van der Waals surface area contributed by atoms with Gasteiger partial charge in [0.15, 0.2) is 11.6 Å². The van der Waals surface area contributed by atoms with E-state index in [1.165, 1.54) is 12.5 Å². The average molecular weight is 474 g/mol. The summed E-state index contributed by atoms with van der Waals surface area (Å²) in [7, 11) is 0. The molecule has 0 unspecified atom stereocenters. The van der Waals surface area contributed by atoms with Crippen molar-refractivity contribution in [3.05, 3.63) is 53.6 Å². The lowest BCUT2D eigenvalue weighted by Gasteiger charge is -2.30. The van der Waals surface area contributed by atoms with E-state index in [9.17, 15) is 18.4 Å². The lowest BCUT2D eigenvalue weighted by atomic mass is 10.1. The number of nitrogens with zero attached hydrogens (tertiary/aromatic N) is 2. The summed E-state index contributed by atoms with van der Waals surface area (Å²) in [5.41, 5.74) is 1.88. The molecule has 0 radical (unpaired) electrons. The largest absolute Gasteiger partial charge is 0.371 e. The molecule has 34 heavy (non-hydrogen) atoms. The highest BCUT2D eigenvalue weighted by molar-refractivity contribution is 6.04. The Morgan fingerprint density at radius 2 is 1.56 bits per heavy atom. The van der Waals surface area contributed by atoms with Crippen LogP contribution in [-0.2, 0) is 0 Å². The van der Waals surface area contributed by atoms with E-state index < -0.39 is 17.7 Å². The third-order valence-corrected chi connectivity index (χ3v) is 5.98.